The number of hydrogen-bond donors (Lipinski definition) is 3. The average Bonchev–Trinajstić information content (AvgIpc) is 2.83. The first kappa shape index (κ1) is 13.8. The number of carbonyl (C=O) groups is 1. The topological polar surface area (TPSA) is 70.6 Å². The molecule has 2 unspecified atom stereocenters. The van der Waals surface area contributed by atoms with Crippen molar-refractivity contribution in [1.29, 1.82) is 0 Å². The fourth-order valence-corrected chi connectivity index (χ4v) is 2.56. The van der Waals surface area contributed by atoms with Crippen LogP contribution in [0, 0.1) is 0 Å². The normalized spacial score (nSPS) is 32.4. The van der Waals surface area contributed by atoms with E-state index in [2.05, 4.69) is 10.6 Å². The van der Waals surface area contributed by atoms with Crippen molar-refractivity contribution in [3.63, 3.8) is 0 Å². The lowest BCUT2D eigenvalue weighted by Gasteiger charge is -2.23. The van der Waals surface area contributed by atoms with Crippen molar-refractivity contribution in [3.8, 4) is 0 Å². The Morgan fingerprint density at radius 1 is 1.50 bits per heavy atom. The van der Waals surface area contributed by atoms with Crippen LogP contribution in [-0.2, 0) is 9.53 Å². The van der Waals surface area contributed by atoms with Crippen LogP contribution in [0.5, 0.6) is 0 Å². The van der Waals surface area contributed by atoms with Gasteiger partial charge >= 0.3 is 0 Å². The molecular weight excluding hydrogens is 232 g/mol. The Bertz CT molecular complexity index is 271. The first-order chi connectivity index (χ1) is 8.68. The van der Waals surface area contributed by atoms with E-state index >= 15 is 0 Å². The highest BCUT2D eigenvalue weighted by atomic mass is 16.5. The number of ether oxygens (including phenoxy) is 1. The predicted molar refractivity (Wildman–Crippen MR) is 68.3 cm³/mol. The number of β-amino-alcohol motifs (C(OH)–C–C–N with tert-alkyl or cyclic N) is 1. The van der Waals surface area contributed by atoms with Gasteiger partial charge in [0, 0.05) is 26.1 Å². The molecule has 2 aliphatic rings. The van der Waals surface area contributed by atoms with Gasteiger partial charge in [0.2, 0.25) is 5.91 Å². The Kier molecular flexibility index (Phi) is 4.97. The zero-order valence-electron chi connectivity index (χ0n) is 10.9. The molecule has 5 nitrogen and oxygen atoms in total. The van der Waals surface area contributed by atoms with E-state index < -0.39 is 5.60 Å². The molecule has 0 spiro atoms. The molecule has 1 amide bonds. The number of hydrogen-bond acceptors (Lipinski definition) is 4. The highest BCUT2D eigenvalue weighted by Crippen LogP contribution is 2.17. The van der Waals surface area contributed by atoms with Crippen LogP contribution < -0.4 is 10.6 Å². The first-order valence-electron chi connectivity index (χ1n) is 6.99. The van der Waals surface area contributed by atoms with Crippen LogP contribution in [0.3, 0.4) is 0 Å². The summed E-state index contributed by atoms with van der Waals surface area (Å²) in [7, 11) is 0. The standard InChI is InChI=1S/C13H24N2O3/c16-12(5-4-11-3-1-2-8-18-11)15-10-13(17)6-7-14-9-13/h11,14,17H,1-10H2,(H,15,16). The number of aliphatic hydroxyl groups is 1. The molecule has 3 N–H and O–H groups in total. The average molecular weight is 256 g/mol. The van der Waals surface area contributed by atoms with Crippen molar-refractivity contribution in [2.24, 2.45) is 0 Å². The van der Waals surface area contributed by atoms with Gasteiger partial charge in [0.25, 0.3) is 0 Å². The maximum Gasteiger partial charge on any atom is 0.220 e. The summed E-state index contributed by atoms with van der Waals surface area (Å²) in [4.78, 5) is 11.7. The summed E-state index contributed by atoms with van der Waals surface area (Å²) in [6.45, 7) is 2.57. The molecule has 0 aliphatic carbocycles. The molecule has 0 bridgehead atoms. The molecule has 2 atom stereocenters. The highest BCUT2D eigenvalue weighted by molar-refractivity contribution is 5.75. The Balaban J connectivity index is 1.59. The molecule has 2 fully saturated rings. The maximum atomic E-state index is 11.7. The third-order valence-electron chi connectivity index (χ3n) is 3.80. The van der Waals surface area contributed by atoms with Crippen molar-refractivity contribution in [2.45, 2.75) is 50.2 Å². The van der Waals surface area contributed by atoms with E-state index in [1.54, 1.807) is 0 Å². The van der Waals surface area contributed by atoms with Crippen LogP contribution in [0.4, 0.5) is 0 Å². The van der Waals surface area contributed by atoms with Crippen LogP contribution in [-0.4, -0.2) is 49.0 Å². The largest absolute Gasteiger partial charge is 0.387 e. The van der Waals surface area contributed by atoms with E-state index in [9.17, 15) is 9.90 Å². The Morgan fingerprint density at radius 2 is 2.39 bits per heavy atom. The molecule has 104 valence electrons. The van der Waals surface area contributed by atoms with Gasteiger partial charge in [-0.2, -0.15) is 0 Å². The number of carbonyl (C=O) groups excluding carboxylic acids is 1. The zero-order valence-corrected chi connectivity index (χ0v) is 10.9. The molecule has 18 heavy (non-hydrogen) atoms. The minimum Gasteiger partial charge on any atom is -0.387 e. The molecule has 0 radical (unpaired) electrons. The van der Waals surface area contributed by atoms with Gasteiger partial charge in [-0.25, -0.2) is 0 Å². The minimum atomic E-state index is -0.753. The van der Waals surface area contributed by atoms with Gasteiger partial charge in [0.1, 0.15) is 0 Å². The third kappa shape index (κ3) is 4.23. The molecule has 0 aromatic carbocycles. The molecule has 2 aliphatic heterocycles. The highest BCUT2D eigenvalue weighted by Gasteiger charge is 2.31. The van der Waals surface area contributed by atoms with E-state index in [-0.39, 0.29) is 12.0 Å². The van der Waals surface area contributed by atoms with Crippen molar-refractivity contribution in [1.82, 2.24) is 10.6 Å². The lowest BCUT2D eigenvalue weighted by molar-refractivity contribution is -0.123. The second-order valence-corrected chi connectivity index (χ2v) is 5.46. The summed E-state index contributed by atoms with van der Waals surface area (Å²) in [5.74, 6) is 0.0181. The number of nitrogens with one attached hydrogen (secondary N) is 2. The SMILES string of the molecule is O=C(CCC1CCCCO1)NCC1(O)CCNC1. The van der Waals surface area contributed by atoms with Crippen molar-refractivity contribution in [2.75, 3.05) is 26.2 Å². The van der Waals surface area contributed by atoms with E-state index in [1.807, 2.05) is 0 Å². The van der Waals surface area contributed by atoms with Crippen LogP contribution in [0.25, 0.3) is 0 Å². The van der Waals surface area contributed by atoms with Gasteiger partial charge in [-0.05, 0) is 38.6 Å². The van der Waals surface area contributed by atoms with Crippen molar-refractivity contribution in [3.05, 3.63) is 0 Å². The van der Waals surface area contributed by atoms with Crippen LogP contribution in [0.2, 0.25) is 0 Å². The summed E-state index contributed by atoms with van der Waals surface area (Å²) >= 11 is 0. The number of rotatable bonds is 5. The van der Waals surface area contributed by atoms with E-state index in [0.717, 1.165) is 32.4 Å². The summed E-state index contributed by atoms with van der Waals surface area (Å²) in [5, 5.41) is 16.0. The zero-order chi connectivity index (χ0) is 12.8. The van der Waals surface area contributed by atoms with Gasteiger partial charge in [0.05, 0.1) is 11.7 Å². The summed E-state index contributed by atoms with van der Waals surface area (Å²) in [6.07, 6.45) is 5.66. The molecule has 5 heteroatoms. The fraction of sp³-hybridized carbons (Fsp3) is 0.923. The Hall–Kier alpha value is -0.650. The smallest absolute Gasteiger partial charge is 0.220 e. The summed E-state index contributed by atoms with van der Waals surface area (Å²) < 4.78 is 5.59. The summed E-state index contributed by atoms with van der Waals surface area (Å²) in [5.41, 5.74) is -0.753. The van der Waals surface area contributed by atoms with Gasteiger partial charge in [-0.15, -0.1) is 0 Å². The van der Waals surface area contributed by atoms with Crippen molar-refractivity contribution < 1.29 is 14.6 Å². The van der Waals surface area contributed by atoms with Crippen molar-refractivity contribution >= 4 is 5.91 Å². The van der Waals surface area contributed by atoms with Crippen LogP contribution in [0.15, 0.2) is 0 Å². The molecule has 2 heterocycles. The molecule has 2 saturated heterocycles. The van der Waals surface area contributed by atoms with Crippen LogP contribution >= 0.6 is 0 Å². The maximum absolute atomic E-state index is 11.7. The van der Waals surface area contributed by atoms with E-state index in [0.29, 0.717) is 25.9 Å². The van der Waals surface area contributed by atoms with Gasteiger partial charge in [0.15, 0.2) is 0 Å². The van der Waals surface area contributed by atoms with Gasteiger partial charge in [-0.1, -0.05) is 0 Å². The van der Waals surface area contributed by atoms with Gasteiger partial charge < -0.3 is 20.5 Å². The second kappa shape index (κ2) is 6.50. The third-order valence-corrected chi connectivity index (χ3v) is 3.80. The minimum absolute atomic E-state index is 0.0181. The van der Waals surface area contributed by atoms with E-state index in [4.69, 9.17) is 4.74 Å². The van der Waals surface area contributed by atoms with Gasteiger partial charge in [-0.3, -0.25) is 4.79 Å². The Morgan fingerprint density at radius 3 is 3.06 bits per heavy atom. The molecule has 2 rings (SSSR count). The van der Waals surface area contributed by atoms with Crippen LogP contribution in [0.1, 0.15) is 38.5 Å². The molecular formula is C13H24N2O3. The summed E-state index contributed by atoms with van der Waals surface area (Å²) in [6, 6.07) is 0. The predicted octanol–water partition coefficient (Wildman–Crippen LogP) is 0.176. The molecule has 0 aromatic heterocycles. The first-order valence-corrected chi connectivity index (χ1v) is 6.99. The quantitative estimate of drug-likeness (QED) is 0.656. The second-order valence-electron chi connectivity index (χ2n) is 5.46. The van der Waals surface area contributed by atoms with E-state index in [1.165, 1.54) is 6.42 Å². The molecule has 0 saturated carbocycles. The molecule has 0 aromatic rings. The monoisotopic (exact) mass is 256 g/mol. The lowest BCUT2D eigenvalue weighted by atomic mass is 10.0. The number of amides is 1. The lowest BCUT2D eigenvalue weighted by Crippen LogP contribution is -2.44. The Labute approximate surface area is 108 Å². The fourth-order valence-electron chi connectivity index (χ4n) is 2.56.